The molecule has 0 amide bonds. The van der Waals surface area contributed by atoms with Gasteiger partial charge < -0.3 is 9.47 Å². The van der Waals surface area contributed by atoms with E-state index in [0.29, 0.717) is 17.9 Å². The molecular weight excluding hydrogens is 631 g/mol. The maximum absolute atomic E-state index is 12.8. The van der Waals surface area contributed by atoms with Crippen LogP contribution in [0.25, 0.3) is 5.57 Å². The van der Waals surface area contributed by atoms with Gasteiger partial charge in [0.05, 0.1) is 19.4 Å². The molecule has 51 heavy (non-hydrogen) atoms. The van der Waals surface area contributed by atoms with Crippen LogP contribution in [0.5, 0.6) is 0 Å². The molecule has 7 atom stereocenters. The van der Waals surface area contributed by atoms with Crippen LogP contribution in [0.2, 0.25) is 0 Å². The highest BCUT2D eigenvalue weighted by Gasteiger charge is 2.58. The van der Waals surface area contributed by atoms with Crippen molar-refractivity contribution >= 4 is 17.5 Å². The van der Waals surface area contributed by atoms with E-state index in [1.54, 1.807) is 0 Å². The lowest BCUT2D eigenvalue weighted by molar-refractivity contribution is -0.162. The Morgan fingerprint density at radius 2 is 1.59 bits per heavy atom. The van der Waals surface area contributed by atoms with Crippen LogP contribution < -0.4 is 0 Å². The van der Waals surface area contributed by atoms with Crippen molar-refractivity contribution in [1.82, 2.24) is 4.98 Å². The molecule has 3 fully saturated rings. The summed E-state index contributed by atoms with van der Waals surface area (Å²) in [5, 5.41) is 0. The van der Waals surface area contributed by atoms with E-state index in [1.165, 1.54) is 101 Å². The zero-order chi connectivity index (χ0) is 35.9. The van der Waals surface area contributed by atoms with Crippen molar-refractivity contribution in [3.8, 4) is 0 Å². The standard InChI is InChI=1S/C46H69NO4/c1-4-5-6-7-8-9-10-11-12-13-14-15-16-17-18-19-33-50-43(48)26-27-44(49)51-38-28-30-45(2)37(34-38)22-23-39-41-25-24-40(36-21-20-32-47-35-36)46(41,3)31-29-42(39)45/h8-9,11-12,20-21,24,32,35,37-39,41-42H,4-7,10,13-19,22-23,25-31,33-34H2,1-3H3/b9-8-,12-11-/t37?,38-,39-,41-,42-,45-,46+/m0/s1. The number of ether oxygens (including phenoxy) is 2. The summed E-state index contributed by atoms with van der Waals surface area (Å²) in [5.41, 5.74) is 3.42. The Bertz CT molecular complexity index is 1320. The van der Waals surface area contributed by atoms with Gasteiger partial charge in [0, 0.05) is 12.4 Å². The zero-order valence-corrected chi connectivity index (χ0v) is 32.4. The number of nitrogens with zero attached hydrogens (tertiary/aromatic N) is 1. The van der Waals surface area contributed by atoms with Crippen LogP contribution in [0, 0.1) is 34.5 Å². The fourth-order valence-corrected chi connectivity index (χ4v) is 10.7. The lowest BCUT2D eigenvalue weighted by Crippen LogP contribution is -2.53. The van der Waals surface area contributed by atoms with E-state index in [2.05, 4.69) is 74.5 Å². The molecule has 0 aromatic carbocycles. The van der Waals surface area contributed by atoms with Gasteiger partial charge in [0.2, 0.25) is 0 Å². The molecule has 4 aliphatic carbocycles. The van der Waals surface area contributed by atoms with Crippen LogP contribution in [-0.4, -0.2) is 29.6 Å². The number of allylic oxidation sites excluding steroid dienone is 6. The third kappa shape index (κ3) is 10.7. The maximum Gasteiger partial charge on any atom is 0.306 e. The van der Waals surface area contributed by atoms with Gasteiger partial charge in [-0.25, -0.2) is 0 Å². The molecule has 5 nitrogen and oxygen atoms in total. The normalized spacial score (nSPS) is 30.1. The predicted octanol–water partition coefficient (Wildman–Crippen LogP) is 12.2. The monoisotopic (exact) mass is 700 g/mol. The van der Waals surface area contributed by atoms with Crippen molar-refractivity contribution in [3.05, 3.63) is 60.5 Å². The van der Waals surface area contributed by atoms with Gasteiger partial charge >= 0.3 is 11.9 Å². The highest BCUT2D eigenvalue weighted by molar-refractivity contribution is 5.77. The number of hydrogen-bond acceptors (Lipinski definition) is 5. The Labute approximate surface area is 310 Å². The molecule has 1 aromatic heterocycles. The summed E-state index contributed by atoms with van der Waals surface area (Å²) in [4.78, 5) is 29.5. The molecule has 0 spiro atoms. The predicted molar refractivity (Wildman–Crippen MR) is 209 cm³/mol. The van der Waals surface area contributed by atoms with Gasteiger partial charge in [-0.1, -0.05) is 95.7 Å². The Hall–Kier alpha value is -2.69. The third-order valence-electron chi connectivity index (χ3n) is 13.6. The smallest absolute Gasteiger partial charge is 0.306 e. The fraction of sp³-hybridized carbons (Fsp3) is 0.717. The van der Waals surface area contributed by atoms with E-state index in [0.717, 1.165) is 56.3 Å². The van der Waals surface area contributed by atoms with Gasteiger partial charge in [0.25, 0.3) is 0 Å². The molecule has 4 aliphatic rings. The number of fused-ring (bicyclic) bond motifs is 5. The van der Waals surface area contributed by atoms with Crippen molar-refractivity contribution in [2.45, 2.75) is 168 Å². The number of carbonyl (C=O) groups excluding carboxylic acids is 2. The van der Waals surface area contributed by atoms with Crippen molar-refractivity contribution in [1.29, 1.82) is 0 Å². The SMILES string of the molecule is CCCCC/C=C\C/C=C\CCCCCCCCOC(=O)CCC(=O)O[C@H]1CC[C@@]2(C)C(CC[C@@H]3[C@@H]2CC[C@]2(C)C(c4cccnc4)=CC[C@@H]32)C1. The van der Waals surface area contributed by atoms with Gasteiger partial charge in [0.1, 0.15) is 6.10 Å². The number of carbonyl (C=O) groups is 2. The van der Waals surface area contributed by atoms with E-state index in [-0.39, 0.29) is 36.3 Å². The molecular formula is C46H69NO4. The lowest BCUT2D eigenvalue weighted by atomic mass is 9.44. The number of unbranched alkanes of at least 4 members (excludes halogenated alkanes) is 9. The molecule has 0 bridgehead atoms. The summed E-state index contributed by atoms with van der Waals surface area (Å²) < 4.78 is 11.4. The van der Waals surface area contributed by atoms with Crippen molar-refractivity contribution in [2.75, 3.05) is 6.61 Å². The maximum atomic E-state index is 12.8. The molecule has 5 heteroatoms. The van der Waals surface area contributed by atoms with E-state index < -0.39 is 0 Å². The van der Waals surface area contributed by atoms with Gasteiger partial charge in [-0.2, -0.15) is 0 Å². The van der Waals surface area contributed by atoms with Gasteiger partial charge in [-0.05, 0) is 142 Å². The molecule has 1 unspecified atom stereocenters. The summed E-state index contributed by atoms with van der Waals surface area (Å²) in [7, 11) is 0. The van der Waals surface area contributed by atoms with Crippen molar-refractivity contribution in [3.63, 3.8) is 0 Å². The number of hydrogen-bond donors (Lipinski definition) is 0. The number of rotatable bonds is 20. The summed E-state index contributed by atoms with van der Waals surface area (Å²) in [6.07, 6.45) is 39.5. The van der Waals surface area contributed by atoms with Crippen LogP contribution in [-0.2, 0) is 19.1 Å². The molecule has 0 aliphatic heterocycles. The quantitative estimate of drug-likeness (QED) is 0.0770. The summed E-state index contributed by atoms with van der Waals surface area (Å²) >= 11 is 0. The summed E-state index contributed by atoms with van der Waals surface area (Å²) in [5.74, 6) is 2.35. The van der Waals surface area contributed by atoms with E-state index in [4.69, 9.17) is 9.47 Å². The molecule has 282 valence electrons. The van der Waals surface area contributed by atoms with Crippen LogP contribution in [0.4, 0.5) is 0 Å². The zero-order valence-electron chi connectivity index (χ0n) is 32.4. The fourth-order valence-electron chi connectivity index (χ4n) is 10.7. The van der Waals surface area contributed by atoms with Gasteiger partial charge in [-0.15, -0.1) is 0 Å². The highest BCUT2D eigenvalue weighted by Crippen LogP contribution is 2.67. The molecule has 3 saturated carbocycles. The van der Waals surface area contributed by atoms with E-state index in [9.17, 15) is 9.59 Å². The topological polar surface area (TPSA) is 65.5 Å². The minimum Gasteiger partial charge on any atom is -0.466 e. The van der Waals surface area contributed by atoms with Crippen LogP contribution >= 0.6 is 0 Å². The van der Waals surface area contributed by atoms with Gasteiger partial charge in [0.15, 0.2) is 0 Å². The van der Waals surface area contributed by atoms with Crippen LogP contribution in [0.3, 0.4) is 0 Å². The molecule has 0 radical (unpaired) electrons. The Balaban J connectivity index is 0.904. The Morgan fingerprint density at radius 1 is 0.843 bits per heavy atom. The molecule has 1 heterocycles. The average Bonchev–Trinajstić information content (AvgIpc) is 3.50. The summed E-state index contributed by atoms with van der Waals surface area (Å²) in [6, 6.07) is 4.31. The molecule has 0 saturated heterocycles. The second kappa shape index (κ2) is 20.0. The number of esters is 2. The average molecular weight is 700 g/mol. The molecule has 1 aromatic rings. The Morgan fingerprint density at radius 3 is 2.35 bits per heavy atom. The second-order valence-corrected chi connectivity index (χ2v) is 16.9. The van der Waals surface area contributed by atoms with E-state index in [1.807, 2.05) is 6.20 Å². The van der Waals surface area contributed by atoms with E-state index >= 15 is 0 Å². The first-order chi connectivity index (χ1) is 24.8. The van der Waals surface area contributed by atoms with Gasteiger partial charge in [-0.3, -0.25) is 14.6 Å². The minimum atomic E-state index is -0.276. The lowest BCUT2D eigenvalue weighted by Gasteiger charge is -2.60. The molecule has 5 rings (SSSR count). The van der Waals surface area contributed by atoms with Crippen LogP contribution in [0.15, 0.2) is 54.9 Å². The largest absolute Gasteiger partial charge is 0.466 e. The highest BCUT2D eigenvalue weighted by atomic mass is 16.5. The summed E-state index contributed by atoms with van der Waals surface area (Å²) in [6.45, 7) is 7.79. The molecule has 0 N–H and O–H groups in total. The van der Waals surface area contributed by atoms with Crippen LogP contribution in [0.1, 0.15) is 168 Å². The van der Waals surface area contributed by atoms with Crippen molar-refractivity contribution < 1.29 is 19.1 Å². The first kappa shape index (κ1) is 39.5. The minimum absolute atomic E-state index is 0.0133. The van der Waals surface area contributed by atoms with Crippen molar-refractivity contribution in [2.24, 2.45) is 34.5 Å². The number of pyridine rings is 1. The Kier molecular flexibility index (Phi) is 15.5. The first-order valence-electron chi connectivity index (χ1n) is 21.1. The third-order valence-corrected chi connectivity index (χ3v) is 13.6. The number of aromatic nitrogens is 1. The second-order valence-electron chi connectivity index (χ2n) is 16.9. The first-order valence-corrected chi connectivity index (χ1v) is 21.1.